The molecule has 2 aromatic rings. The largest absolute Gasteiger partial charge is 0.422 e. The number of aryl methyl sites for hydroxylation is 1. The predicted molar refractivity (Wildman–Crippen MR) is 117 cm³/mol. The Morgan fingerprint density at radius 1 is 1.03 bits per heavy atom. The van der Waals surface area contributed by atoms with Gasteiger partial charge in [-0.3, -0.25) is 9.79 Å². The van der Waals surface area contributed by atoms with Gasteiger partial charge in [-0.25, -0.2) is 4.79 Å². The molecule has 0 saturated heterocycles. The molecule has 0 fully saturated rings. The molecule has 4 nitrogen and oxygen atoms in total. The van der Waals surface area contributed by atoms with Crippen LogP contribution in [0.15, 0.2) is 65.4 Å². The molecule has 0 amide bonds. The van der Waals surface area contributed by atoms with Crippen molar-refractivity contribution < 1.29 is 14.3 Å². The predicted octanol–water partition coefficient (Wildman–Crippen LogP) is 5.66. The van der Waals surface area contributed by atoms with Crippen LogP contribution in [0.25, 0.3) is 0 Å². The highest BCUT2D eigenvalue weighted by molar-refractivity contribution is 5.93. The van der Waals surface area contributed by atoms with Gasteiger partial charge in [0.1, 0.15) is 11.5 Å². The third kappa shape index (κ3) is 7.15. The third-order valence-electron chi connectivity index (χ3n) is 4.56. The van der Waals surface area contributed by atoms with E-state index in [9.17, 15) is 9.59 Å². The minimum atomic E-state index is -0.395. The summed E-state index contributed by atoms with van der Waals surface area (Å²) in [5, 5.41) is 0. The lowest BCUT2D eigenvalue weighted by Crippen LogP contribution is -2.06. The number of ketones is 1. The second kappa shape index (κ2) is 11.1. The fraction of sp³-hybridized carbons (Fsp3) is 0.320. The van der Waals surface area contributed by atoms with Crippen LogP contribution in [0.1, 0.15) is 67.2 Å². The fourth-order valence-electron chi connectivity index (χ4n) is 2.89. The zero-order valence-electron chi connectivity index (χ0n) is 17.6. The molecule has 1 atom stereocenters. The van der Waals surface area contributed by atoms with Crippen molar-refractivity contribution in [1.82, 2.24) is 0 Å². The van der Waals surface area contributed by atoms with Crippen LogP contribution >= 0.6 is 0 Å². The van der Waals surface area contributed by atoms with E-state index in [1.807, 2.05) is 43.3 Å². The Morgan fingerprint density at radius 3 is 2.21 bits per heavy atom. The van der Waals surface area contributed by atoms with E-state index in [1.165, 1.54) is 5.56 Å². The highest BCUT2D eigenvalue weighted by Crippen LogP contribution is 2.18. The first-order chi connectivity index (χ1) is 13.9. The van der Waals surface area contributed by atoms with Gasteiger partial charge in [0.2, 0.25) is 0 Å². The Morgan fingerprint density at radius 2 is 1.66 bits per heavy atom. The van der Waals surface area contributed by atoms with E-state index in [0.29, 0.717) is 17.7 Å². The number of allylic oxidation sites excluding steroid dienone is 2. The number of nitrogens with zero attached hydrogens (tertiary/aromatic N) is 1. The lowest BCUT2D eigenvalue weighted by atomic mass is 10.0. The Balaban J connectivity index is 1.98. The molecular formula is C25H29NO3. The normalized spacial score (nSPS) is 12.8. The monoisotopic (exact) mass is 391 g/mol. The molecular weight excluding hydrogens is 362 g/mol. The number of hydrogen-bond donors (Lipinski definition) is 0. The number of carbonyl (C=O) groups excluding carboxylic acids is 2. The number of ether oxygens (including phenoxy) is 1. The topological polar surface area (TPSA) is 55.7 Å². The molecule has 2 aromatic carbocycles. The molecule has 152 valence electrons. The van der Waals surface area contributed by atoms with Crippen LogP contribution in [0.4, 0.5) is 0 Å². The average molecular weight is 392 g/mol. The summed E-state index contributed by atoms with van der Waals surface area (Å²) >= 11 is 0. The zero-order chi connectivity index (χ0) is 21.2. The molecule has 0 bridgehead atoms. The van der Waals surface area contributed by atoms with E-state index in [1.54, 1.807) is 38.3 Å². The Kier molecular flexibility index (Phi) is 8.53. The molecule has 0 saturated carbocycles. The van der Waals surface area contributed by atoms with Gasteiger partial charge in [0.15, 0.2) is 0 Å². The number of carbonyl (C=O) groups is 2. The second-order valence-electron chi connectivity index (χ2n) is 7.10. The van der Waals surface area contributed by atoms with Gasteiger partial charge in [-0.2, -0.15) is 0 Å². The summed E-state index contributed by atoms with van der Waals surface area (Å²) in [5.74, 6) is 0.157. The Hall–Kier alpha value is -3.01. The average Bonchev–Trinajstić information content (AvgIpc) is 2.71. The summed E-state index contributed by atoms with van der Waals surface area (Å²) in [5.41, 5.74) is 3.75. The van der Waals surface area contributed by atoms with E-state index in [4.69, 9.17) is 4.74 Å². The van der Waals surface area contributed by atoms with Gasteiger partial charge >= 0.3 is 5.97 Å². The zero-order valence-corrected chi connectivity index (χ0v) is 17.6. The van der Waals surface area contributed by atoms with Crippen LogP contribution in [0.2, 0.25) is 0 Å². The Labute approximate surface area is 173 Å². The van der Waals surface area contributed by atoms with Crippen LogP contribution in [0.3, 0.4) is 0 Å². The van der Waals surface area contributed by atoms with E-state index >= 15 is 0 Å². The number of hydrogen-bond acceptors (Lipinski definition) is 4. The van der Waals surface area contributed by atoms with E-state index < -0.39 is 5.97 Å². The van der Waals surface area contributed by atoms with Crippen molar-refractivity contribution >= 4 is 18.0 Å². The third-order valence-corrected chi connectivity index (χ3v) is 4.56. The number of Topliss-reactive ketones (excluding diaryl/α,β-unsaturated/α-hetero) is 1. The van der Waals surface area contributed by atoms with Gasteiger partial charge in [-0.15, -0.1) is 0 Å². The number of benzene rings is 2. The molecule has 0 spiro atoms. The van der Waals surface area contributed by atoms with Crippen molar-refractivity contribution in [2.45, 2.75) is 53.0 Å². The summed E-state index contributed by atoms with van der Waals surface area (Å²) in [4.78, 5) is 28.1. The molecule has 0 aliphatic heterocycles. The summed E-state index contributed by atoms with van der Waals surface area (Å²) in [7, 11) is 0. The molecule has 0 N–H and O–H groups in total. The molecule has 0 aliphatic carbocycles. The summed E-state index contributed by atoms with van der Waals surface area (Å²) in [6.07, 6.45) is 5.80. The van der Waals surface area contributed by atoms with Gasteiger partial charge in [-0.05, 0) is 62.1 Å². The first-order valence-corrected chi connectivity index (χ1v) is 10.0. The lowest BCUT2D eigenvalue weighted by Gasteiger charge is -2.09. The van der Waals surface area contributed by atoms with Crippen LogP contribution in [-0.2, 0) is 22.4 Å². The number of esters is 1. The summed E-state index contributed by atoms with van der Waals surface area (Å²) < 4.78 is 5.47. The quantitative estimate of drug-likeness (QED) is 0.315. The fourth-order valence-corrected chi connectivity index (χ4v) is 2.89. The van der Waals surface area contributed by atoms with Crippen LogP contribution in [-0.4, -0.2) is 18.0 Å². The first-order valence-electron chi connectivity index (χ1n) is 10.0. The van der Waals surface area contributed by atoms with Crippen LogP contribution in [0.5, 0.6) is 0 Å². The van der Waals surface area contributed by atoms with Gasteiger partial charge in [0.05, 0.1) is 17.8 Å². The maximum Gasteiger partial charge on any atom is 0.343 e. The molecule has 0 aliphatic rings. The minimum absolute atomic E-state index is 0.0941. The molecule has 0 heterocycles. The van der Waals surface area contributed by atoms with Gasteiger partial charge < -0.3 is 4.74 Å². The van der Waals surface area contributed by atoms with Crippen molar-refractivity contribution in [2.75, 3.05) is 0 Å². The molecule has 2 rings (SSSR count). The van der Waals surface area contributed by atoms with E-state index in [2.05, 4.69) is 11.9 Å². The Bertz CT molecular complexity index is 877. The first kappa shape index (κ1) is 22.3. The van der Waals surface area contributed by atoms with E-state index in [-0.39, 0.29) is 11.8 Å². The number of aliphatic imine (C=N–C) groups is 1. The highest BCUT2D eigenvalue weighted by atomic mass is 16.5. The summed E-state index contributed by atoms with van der Waals surface area (Å²) in [6.45, 7) is 7.49. The second-order valence-corrected chi connectivity index (χ2v) is 7.10. The molecule has 1 unspecified atom stereocenters. The van der Waals surface area contributed by atoms with Crippen molar-refractivity contribution in [2.24, 2.45) is 4.99 Å². The molecule has 29 heavy (non-hydrogen) atoms. The van der Waals surface area contributed by atoms with Crippen LogP contribution < -0.4 is 0 Å². The van der Waals surface area contributed by atoms with Gasteiger partial charge in [-0.1, -0.05) is 49.7 Å². The SMILES string of the molecule is C/C=C(\C=NC(C)c1ccc(CC(C)=O)cc1)OC(=O)c1ccc(CCC)cc1. The van der Waals surface area contributed by atoms with E-state index in [0.717, 1.165) is 24.0 Å². The van der Waals surface area contributed by atoms with Gasteiger partial charge in [0, 0.05) is 6.42 Å². The molecule has 0 aromatic heterocycles. The van der Waals surface area contributed by atoms with Crippen LogP contribution in [0, 0.1) is 0 Å². The minimum Gasteiger partial charge on any atom is -0.422 e. The van der Waals surface area contributed by atoms with Crippen molar-refractivity contribution in [1.29, 1.82) is 0 Å². The van der Waals surface area contributed by atoms with Crippen molar-refractivity contribution in [3.05, 3.63) is 82.6 Å². The number of rotatable bonds is 9. The van der Waals surface area contributed by atoms with Crippen molar-refractivity contribution in [3.63, 3.8) is 0 Å². The van der Waals surface area contributed by atoms with Crippen molar-refractivity contribution in [3.8, 4) is 0 Å². The molecule has 4 heteroatoms. The maximum atomic E-state index is 12.4. The molecule has 0 radical (unpaired) electrons. The smallest absolute Gasteiger partial charge is 0.343 e. The maximum absolute atomic E-state index is 12.4. The standard InChI is InChI=1S/C25H29NO3/c1-5-7-20-8-14-23(15-9-20)25(28)29-24(6-2)17-26-19(4)22-12-10-21(11-13-22)16-18(3)27/h6,8-15,17,19H,5,7,16H2,1-4H3/b24-6+,26-17?. The van der Waals surface area contributed by atoms with Gasteiger partial charge in [0.25, 0.3) is 0 Å². The summed E-state index contributed by atoms with van der Waals surface area (Å²) in [6, 6.07) is 15.2. The lowest BCUT2D eigenvalue weighted by molar-refractivity contribution is -0.116. The highest BCUT2D eigenvalue weighted by Gasteiger charge is 2.10.